The van der Waals surface area contributed by atoms with E-state index in [1.807, 2.05) is 0 Å². The van der Waals surface area contributed by atoms with Crippen LogP contribution in [0.1, 0.15) is 48.4 Å². The summed E-state index contributed by atoms with van der Waals surface area (Å²) >= 11 is 0. The van der Waals surface area contributed by atoms with Crippen LogP contribution in [0.5, 0.6) is 0 Å². The molecule has 1 fully saturated rings. The zero-order chi connectivity index (χ0) is 26.6. The number of ether oxygens (including phenoxy) is 6. The maximum atomic E-state index is 13.0. The maximum absolute atomic E-state index is 13.0. The minimum atomic E-state index is -1.63. The molecular weight excluding hydrogens is 480 g/mol. The van der Waals surface area contributed by atoms with E-state index in [4.69, 9.17) is 28.4 Å². The molecule has 1 aromatic rings. The lowest BCUT2D eigenvalue weighted by molar-refractivity contribution is -0.298. The highest BCUT2D eigenvalue weighted by atomic mass is 16.7. The number of esters is 4. The molecule has 0 N–H and O–H groups in total. The first-order chi connectivity index (χ1) is 17.0. The second-order valence-corrected chi connectivity index (χ2v) is 7.93. The monoisotopic (exact) mass is 504 g/mol. The van der Waals surface area contributed by atoms with Crippen LogP contribution in [0.25, 0.3) is 0 Å². The molecule has 0 unspecified atom stereocenters. The van der Waals surface area contributed by atoms with Gasteiger partial charge >= 0.3 is 23.9 Å². The molecule has 1 aliphatic carbocycles. The highest BCUT2D eigenvalue weighted by molar-refractivity contribution is 6.23. The first-order valence-electron chi connectivity index (χ1n) is 10.8. The van der Waals surface area contributed by atoms with E-state index >= 15 is 0 Å². The Bertz CT molecular complexity index is 1120. The van der Waals surface area contributed by atoms with Gasteiger partial charge in [-0.15, -0.1) is 0 Å². The lowest BCUT2D eigenvalue weighted by Crippen LogP contribution is -2.63. The van der Waals surface area contributed by atoms with Gasteiger partial charge in [-0.3, -0.25) is 28.8 Å². The fourth-order valence-corrected chi connectivity index (χ4v) is 3.79. The molecule has 12 heteroatoms. The van der Waals surface area contributed by atoms with Crippen LogP contribution in [0.15, 0.2) is 36.1 Å². The maximum Gasteiger partial charge on any atom is 0.303 e. The van der Waals surface area contributed by atoms with Gasteiger partial charge < -0.3 is 28.4 Å². The van der Waals surface area contributed by atoms with Crippen molar-refractivity contribution in [1.82, 2.24) is 0 Å². The third kappa shape index (κ3) is 6.13. The number of carbonyl (C=O) groups excluding carboxylic acids is 6. The summed E-state index contributed by atoms with van der Waals surface area (Å²) in [6.07, 6.45) is -6.32. The Morgan fingerprint density at radius 2 is 1.33 bits per heavy atom. The van der Waals surface area contributed by atoms with E-state index < -0.39 is 78.5 Å². The van der Waals surface area contributed by atoms with E-state index in [-0.39, 0.29) is 11.1 Å². The van der Waals surface area contributed by atoms with Crippen LogP contribution < -0.4 is 0 Å². The molecule has 3 rings (SSSR count). The summed E-state index contributed by atoms with van der Waals surface area (Å²) in [5.41, 5.74) is 0.266. The molecule has 0 saturated carbocycles. The molecule has 0 aromatic heterocycles. The number of benzene rings is 1. The molecule has 192 valence electrons. The zero-order valence-electron chi connectivity index (χ0n) is 19.9. The number of carbonyl (C=O) groups is 6. The lowest BCUT2D eigenvalue weighted by Gasteiger charge is -2.44. The van der Waals surface area contributed by atoms with Gasteiger partial charge in [0.25, 0.3) is 0 Å². The molecule has 0 radical (unpaired) electrons. The van der Waals surface area contributed by atoms with E-state index in [0.717, 1.165) is 33.8 Å². The molecule has 1 aromatic carbocycles. The summed E-state index contributed by atoms with van der Waals surface area (Å²) in [6.45, 7) is 3.90. The SMILES string of the molecule is CC(=O)OC[C@H]1O[C@H](OC2=CC(=O)c3ccccc3C2=O)[C@H](OC(C)=O)[C@@H](OC(C)=O)[C@@H]1OC(C)=O. The topological polar surface area (TPSA) is 158 Å². The highest BCUT2D eigenvalue weighted by Gasteiger charge is 2.54. The van der Waals surface area contributed by atoms with Crippen molar-refractivity contribution in [3.05, 3.63) is 47.2 Å². The highest BCUT2D eigenvalue weighted by Crippen LogP contribution is 2.32. The van der Waals surface area contributed by atoms with Crippen molar-refractivity contribution in [2.75, 3.05) is 6.61 Å². The molecule has 5 atom stereocenters. The second-order valence-electron chi connectivity index (χ2n) is 7.93. The first kappa shape index (κ1) is 26.5. The van der Waals surface area contributed by atoms with Gasteiger partial charge in [-0.1, -0.05) is 24.3 Å². The third-order valence-corrected chi connectivity index (χ3v) is 5.11. The van der Waals surface area contributed by atoms with Gasteiger partial charge in [0.1, 0.15) is 12.7 Å². The summed E-state index contributed by atoms with van der Waals surface area (Å²) < 4.78 is 32.4. The summed E-state index contributed by atoms with van der Waals surface area (Å²) in [5, 5.41) is 0. The molecule has 1 saturated heterocycles. The van der Waals surface area contributed by atoms with Crippen molar-refractivity contribution < 1.29 is 57.2 Å². The van der Waals surface area contributed by atoms with Gasteiger partial charge in [-0.05, 0) is 0 Å². The van der Waals surface area contributed by atoms with Crippen molar-refractivity contribution in [3.63, 3.8) is 0 Å². The summed E-state index contributed by atoms with van der Waals surface area (Å²) in [4.78, 5) is 72.6. The van der Waals surface area contributed by atoms with E-state index in [0.29, 0.717) is 0 Å². The lowest BCUT2D eigenvalue weighted by atomic mass is 9.93. The standard InChI is InChI=1S/C24H24O12/c1-11(25)31-10-19-21(32-12(2)26)22(33-13(3)27)23(34-14(4)28)24(36-19)35-18-9-17(29)15-7-5-6-8-16(15)20(18)30/h5-9,19,21-24H,10H2,1-4H3/t19-,21-,22+,23-,24+/m1/s1. The Hall–Kier alpha value is -4.06. The Morgan fingerprint density at radius 3 is 1.92 bits per heavy atom. The van der Waals surface area contributed by atoms with Crippen molar-refractivity contribution in [2.24, 2.45) is 0 Å². The van der Waals surface area contributed by atoms with Crippen LogP contribution in [-0.4, -0.2) is 72.8 Å². The Kier molecular flexibility index (Phi) is 8.20. The molecule has 1 heterocycles. The van der Waals surface area contributed by atoms with Crippen molar-refractivity contribution in [1.29, 1.82) is 0 Å². The quantitative estimate of drug-likeness (QED) is 0.384. The van der Waals surface area contributed by atoms with Crippen LogP contribution in [0.2, 0.25) is 0 Å². The van der Waals surface area contributed by atoms with Gasteiger partial charge in [0.05, 0.1) is 0 Å². The minimum absolute atomic E-state index is 0.0886. The van der Waals surface area contributed by atoms with E-state index in [9.17, 15) is 28.8 Å². The van der Waals surface area contributed by atoms with E-state index in [1.165, 1.54) is 12.1 Å². The Balaban J connectivity index is 2.01. The van der Waals surface area contributed by atoms with Crippen molar-refractivity contribution in [3.8, 4) is 0 Å². The van der Waals surface area contributed by atoms with Crippen molar-refractivity contribution >= 4 is 35.4 Å². The average Bonchev–Trinajstić information content (AvgIpc) is 2.79. The number of hydrogen-bond acceptors (Lipinski definition) is 12. The van der Waals surface area contributed by atoms with Crippen LogP contribution >= 0.6 is 0 Å². The number of fused-ring (bicyclic) bond motifs is 1. The van der Waals surface area contributed by atoms with Gasteiger partial charge in [-0.25, -0.2) is 0 Å². The summed E-state index contributed by atoms with van der Waals surface area (Å²) in [6, 6.07) is 6.10. The molecule has 0 spiro atoms. The Labute approximate surface area is 205 Å². The van der Waals surface area contributed by atoms with Gasteiger partial charge in [-0.2, -0.15) is 0 Å². The van der Waals surface area contributed by atoms with E-state index in [2.05, 4.69) is 0 Å². The average molecular weight is 504 g/mol. The molecule has 1 aliphatic heterocycles. The molecule has 2 aliphatic rings. The minimum Gasteiger partial charge on any atom is -0.463 e. The summed E-state index contributed by atoms with van der Waals surface area (Å²) in [5.74, 6) is -4.69. The number of allylic oxidation sites excluding steroid dienone is 2. The number of Topliss-reactive ketones (excluding diaryl/α,β-unsaturated/α-hetero) is 1. The molecular formula is C24H24O12. The van der Waals surface area contributed by atoms with Crippen LogP contribution in [0.3, 0.4) is 0 Å². The largest absolute Gasteiger partial charge is 0.463 e. The van der Waals surface area contributed by atoms with Gasteiger partial charge in [0.2, 0.25) is 18.2 Å². The number of rotatable bonds is 7. The second kappa shape index (κ2) is 11.1. The van der Waals surface area contributed by atoms with Gasteiger partial charge in [0, 0.05) is 44.9 Å². The molecule has 0 bridgehead atoms. The van der Waals surface area contributed by atoms with Crippen LogP contribution in [0, 0.1) is 0 Å². The number of ketones is 2. The fourth-order valence-electron chi connectivity index (χ4n) is 3.79. The first-order valence-corrected chi connectivity index (χ1v) is 10.8. The zero-order valence-corrected chi connectivity index (χ0v) is 19.9. The van der Waals surface area contributed by atoms with Crippen LogP contribution in [-0.2, 0) is 47.6 Å². The van der Waals surface area contributed by atoms with Crippen LogP contribution in [0.4, 0.5) is 0 Å². The fraction of sp³-hybridized carbons (Fsp3) is 0.417. The predicted molar refractivity (Wildman–Crippen MR) is 116 cm³/mol. The van der Waals surface area contributed by atoms with Gasteiger partial charge in [0.15, 0.2) is 23.8 Å². The normalized spacial score (nSPS) is 25.1. The molecule has 12 nitrogen and oxygen atoms in total. The molecule has 36 heavy (non-hydrogen) atoms. The number of hydrogen-bond donors (Lipinski definition) is 0. The predicted octanol–water partition coefficient (Wildman–Crippen LogP) is 1.05. The van der Waals surface area contributed by atoms with Crippen molar-refractivity contribution in [2.45, 2.75) is 58.4 Å². The summed E-state index contributed by atoms with van der Waals surface area (Å²) in [7, 11) is 0. The smallest absolute Gasteiger partial charge is 0.303 e. The Morgan fingerprint density at radius 1 is 0.778 bits per heavy atom. The third-order valence-electron chi connectivity index (χ3n) is 5.11. The van der Waals surface area contributed by atoms with E-state index in [1.54, 1.807) is 12.1 Å². The molecule has 0 amide bonds.